The number of nitrogens with one attached hydrogen (secondary N) is 2. The summed E-state index contributed by atoms with van der Waals surface area (Å²) in [5.41, 5.74) is 0.00949. The SMILES string of the molecule is COc1cc2c(Oc3ccc(NC(=O)C4(C(=O)Nc5ccc(F)cc5)CC4)cc3Cl)ccnc2cc1OCC(=O)O.[H-].[Na+]. The van der Waals surface area contributed by atoms with Gasteiger partial charge >= 0.3 is 35.5 Å². The van der Waals surface area contributed by atoms with E-state index in [1.165, 1.54) is 43.6 Å². The molecule has 5 rings (SSSR count). The number of methoxy groups -OCH3 is 1. The molecule has 0 saturated heterocycles. The first-order chi connectivity index (χ1) is 19.7. The van der Waals surface area contributed by atoms with Gasteiger partial charge in [-0.15, -0.1) is 0 Å². The van der Waals surface area contributed by atoms with E-state index in [2.05, 4.69) is 15.6 Å². The number of carbonyl (C=O) groups excluding carboxylic acids is 2. The number of carbonyl (C=O) groups is 3. The predicted octanol–water partition coefficient (Wildman–Crippen LogP) is 2.77. The Morgan fingerprint density at radius 3 is 2.24 bits per heavy atom. The number of hydrogen-bond donors (Lipinski definition) is 3. The Morgan fingerprint density at radius 1 is 0.952 bits per heavy atom. The molecule has 0 spiro atoms. The van der Waals surface area contributed by atoms with Gasteiger partial charge in [-0.05, 0) is 67.4 Å². The molecular weight excluding hydrogens is 580 g/mol. The molecule has 3 aromatic carbocycles. The minimum atomic E-state index is -1.22. The van der Waals surface area contributed by atoms with E-state index in [1.54, 1.807) is 30.3 Å². The van der Waals surface area contributed by atoms with Crippen LogP contribution in [0.25, 0.3) is 10.9 Å². The molecule has 4 aromatic rings. The molecule has 1 aromatic heterocycles. The molecule has 13 heteroatoms. The van der Waals surface area contributed by atoms with Crippen LogP contribution >= 0.6 is 11.6 Å². The van der Waals surface area contributed by atoms with E-state index in [0.717, 1.165) is 0 Å². The van der Waals surface area contributed by atoms with E-state index in [4.69, 9.17) is 30.9 Å². The van der Waals surface area contributed by atoms with Crippen LogP contribution < -0.4 is 54.4 Å². The molecule has 0 aliphatic heterocycles. The third-order valence-electron chi connectivity index (χ3n) is 6.47. The fraction of sp³-hybridized carbons (Fsp3) is 0.172. The number of halogens is 2. The van der Waals surface area contributed by atoms with Crippen molar-refractivity contribution in [2.75, 3.05) is 24.4 Å². The quantitative estimate of drug-likeness (QED) is 0.186. The molecule has 0 radical (unpaired) electrons. The molecule has 2 amide bonds. The summed E-state index contributed by atoms with van der Waals surface area (Å²) in [7, 11) is 1.42. The van der Waals surface area contributed by atoms with Gasteiger partial charge in [-0.25, -0.2) is 9.18 Å². The molecule has 1 aliphatic carbocycles. The standard InChI is InChI=1S/C29H23ClFN3O7.Na.H/c1-39-24-13-19-21(14-25(24)40-15-26(35)36)32-11-8-22(19)41-23-7-6-18(12-20(23)30)34-28(38)29(9-10-29)27(37)33-17-4-2-16(31)3-5-17;;/h2-8,11-14H,9-10,15H2,1H3,(H,33,37)(H,34,38)(H,35,36);;/q;+1;-1. The van der Waals surface area contributed by atoms with Crippen LogP contribution in [0.3, 0.4) is 0 Å². The molecule has 1 heterocycles. The van der Waals surface area contributed by atoms with Gasteiger partial charge in [0.15, 0.2) is 18.1 Å². The number of fused-ring (bicyclic) bond motifs is 1. The van der Waals surface area contributed by atoms with E-state index < -0.39 is 35.6 Å². The third kappa shape index (κ3) is 6.76. The number of amides is 2. The van der Waals surface area contributed by atoms with Crippen LogP contribution in [-0.4, -0.2) is 41.6 Å². The largest absolute Gasteiger partial charge is 1.00 e. The number of aliphatic carboxylic acids is 1. The second kappa shape index (κ2) is 13.0. The molecule has 212 valence electrons. The fourth-order valence-corrected chi connectivity index (χ4v) is 4.35. The van der Waals surface area contributed by atoms with Gasteiger partial charge in [-0.2, -0.15) is 0 Å². The summed E-state index contributed by atoms with van der Waals surface area (Å²) >= 11 is 6.48. The summed E-state index contributed by atoms with van der Waals surface area (Å²) in [6.07, 6.45) is 2.27. The number of anilines is 2. The maximum absolute atomic E-state index is 13.2. The van der Waals surface area contributed by atoms with Gasteiger partial charge in [0.1, 0.15) is 22.7 Å². The van der Waals surface area contributed by atoms with Crippen LogP contribution in [0.15, 0.2) is 66.9 Å². The van der Waals surface area contributed by atoms with E-state index in [1.807, 2.05) is 0 Å². The van der Waals surface area contributed by atoms with Crippen LogP contribution in [0.5, 0.6) is 23.0 Å². The zero-order valence-corrected chi connectivity index (χ0v) is 25.3. The van der Waals surface area contributed by atoms with Gasteiger partial charge in [0.05, 0.1) is 17.6 Å². The Balaban J connectivity index is 0.00000253. The summed E-state index contributed by atoms with van der Waals surface area (Å²) in [4.78, 5) is 41.0. The predicted molar refractivity (Wildman–Crippen MR) is 149 cm³/mol. The molecular formula is C29H24ClFN3NaO7. The minimum Gasteiger partial charge on any atom is -1.00 e. The van der Waals surface area contributed by atoms with Crippen molar-refractivity contribution in [3.8, 4) is 23.0 Å². The number of pyridine rings is 1. The first kappa shape index (κ1) is 31.0. The van der Waals surface area contributed by atoms with Crippen molar-refractivity contribution in [2.45, 2.75) is 12.8 Å². The molecule has 0 bridgehead atoms. The van der Waals surface area contributed by atoms with E-state index in [9.17, 15) is 18.8 Å². The van der Waals surface area contributed by atoms with Crippen molar-refractivity contribution in [1.82, 2.24) is 4.98 Å². The summed E-state index contributed by atoms with van der Waals surface area (Å²) in [5.74, 6) is -1.32. The van der Waals surface area contributed by atoms with Gasteiger partial charge in [-0.3, -0.25) is 14.6 Å². The molecule has 0 atom stereocenters. The molecule has 42 heavy (non-hydrogen) atoms. The normalized spacial score (nSPS) is 12.9. The minimum absolute atomic E-state index is 0. The summed E-state index contributed by atoms with van der Waals surface area (Å²) in [5, 5.41) is 15.1. The number of benzene rings is 3. The second-order valence-corrected chi connectivity index (χ2v) is 9.66. The van der Waals surface area contributed by atoms with Gasteiger partial charge in [0.2, 0.25) is 11.8 Å². The van der Waals surface area contributed by atoms with Gasteiger partial charge < -0.3 is 31.4 Å². The average Bonchev–Trinajstić information content (AvgIpc) is 3.77. The van der Waals surface area contributed by atoms with Gasteiger partial charge in [0.25, 0.3) is 0 Å². The molecule has 10 nitrogen and oxygen atoms in total. The number of ether oxygens (including phenoxy) is 3. The molecule has 3 N–H and O–H groups in total. The number of rotatable bonds is 10. The molecule has 1 aliphatic rings. The van der Waals surface area contributed by atoms with Crippen molar-refractivity contribution in [1.29, 1.82) is 0 Å². The van der Waals surface area contributed by atoms with Crippen LogP contribution in [-0.2, 0) is 14.4 Å². The van der Waals surface area contributed by atoms with Crippen LogP contribution in [0, 0.1) is 11.2 Å². The number of carboxylic acid groups (broad SMARTS) is 1. The Labute approximate surface area is 267 Å². The number of carboxylic acids is 1. The van der Waals surface area contributed by atoms with Crippen molar-refractivity contribution >= 4 is 51.7 Å². The van der Waals surface area contributed by atoms with E-state index >= 15 is 0 Å². The molecule has 1 saturated carbocycles. The zero-order valence-electron chi connectivity index (χ0n) is 23.6. The monoisotopic (exact) mass is 603 g/mol. The fourth-order valence-electron chi connectivity index (χ4n) is 4.13. The number of aromatic nitrogens is 1. The number of nitrogens with zero attached hydrogens (tertiary/aromatic N) is 1. The van der Waals surface area contributed by atoms with Crippen molar-refractivity contribution in [3.05, 3.63) is 77.7 Å². The molecule has 1 fully saturated rings. The van der Waals surface area contributed by atoms with Crippen molar-refractivity contribution in [2.24, 2.45) is 5.41 Å². The van der Waals surface area contributed by atoms with Gasteiger partial charge in [-0.1, -0.05) is 11.6 Å². The Bertz CT molecular complexity index is 1670. The van der Waals surface area contributed by atoms with E-state index in [-0.39, 0.29) is 47.5 Å². The summed E-state index contributed by atoms with van der Waals surface area (Å²) in [6, 6.07) is 14.8. The second-order valence-electron chi connectivity index (χ2n) is 9.26. The van der Waals surface area contributed by atoms with Crippen LogP contribution in [0.2, 0.25) is 5.02 Å². The Kier molecular flexibility index (Phi) is 9.57. The smallest absolute Gasteiger partial charge is 1.00 e. The maximum Gasteiger partial charge on any atom is 1.00 e. The Hall–Kier alpha value is -3.90. The van der Waals surface area contributed by atoms with Crippen molar-refractivity contribution in [3.63, 3.8) is 0 Å². The first-order valence-corrected chi connectivity index (χ1v) is 12.7. The third-order valence-corrected chi connectivity index (χ3v) is 6.76. The van der Waals surface area contributed by atoms with Crippen LogP contribution in [0.4, 0.5) is 15.8 Å². The van der Waals surface area contributed by atoms with Gasteiger partial charge in [0, 0.05) is 29.0 Å². The maximum atomic E-state index is 13.2. The summed E-state index contributed by atoms with van der Waals surface area (Å²) < 4.78 is 29.8. The average molecular weight is 604 g/mol. The number of hydrogen-bond acceptors (Lipinski definition) is 7. The molecule has 0 unspecified atom stereocenters. The zero-order chi connectivity index (χ0) is 29.1. The van der Waals surface area contributed by atoms with Crippen molar-refractivity contribution < 1.29 is 69.1 Å². The van der Waals surface area contributed by atoms with E-state index in [0.29, 0.717) is 46.6 Å². The summed E-state index contributed by atoms with van der Waals surface area (Å²) in [6.45, 7) is -0.545. The van der Waals surface area contributed by atoms with Crippen LogP contribution in [0.1, 0.15) is 14.3 Å². The topological polar surface area (TPSA) is 136 Å². The first-order valence-electron chi connectivity index (χ1n) is 12.4. The Morgan fingerprint density at radius 2 is 1.62 bits per heavy atom.